The average molecular weight is 256 g/mol. The van der Waals surface area contributed by atoms with Crippen molar-refractivity contribution in [1.29, 1.82) is 0 Å². The minimum Gasteiger partial charge on any atom is -0.341 e. The van der Waals surface area contributed by atoms with E-state index >= 15 is 0 Å². The smallest absolute Gasteiger partial charge is 0.341 e. The molecule has 1 rings (SSSR count). The number of halogens is 4. The summed E-state index contributed by atoms with van der Waals surface area (Å²) in [7, 11) is -4.27. The molecule has 0 heterocycles. The molecule has 0 aliphatic heterocycles. The van der Waals surface area contributed by atoms with E-state index in [0.717, 1.165) is 12.1 Å². The normalized spacial score (nSPS) is 15.8. The van der Waals surface area contributed by atoms with E-state index in [9.17, 15) is 27.0 Å². The zero-order valence-corrected chi connectivity index (χ0v) is 8.93. The third-order valence-electron chi connectivity index (χ3n) is 1.93. The lowest BCUT2D eigenvalue weighted by atomic mass is 10.3. The highest BCUT2D eigenvalue weighted by Crippen LogP contribution is 2.42. The Balaban J connectivity index is 2.87. The number of rotatable bonds is 3. The summed E-state index contributed by atoms with van der Waals surface area (Å²) < 4.78 is 60.2. The van der Waals surface area contributed by atoms with E-state index in [2.05, 4.69) is 0 Å². The van der Waals surface area contributed by atoms with Gasteiger partial charge in [0.25, 0.3) is 0 Å². The number of hydrogen-bond acceptors (Lipinski definition) is 1. The summed E-state index contributed by atoms with van der Waals surface area (Å²) >= 11 is 0. The van der Waals surface area contributed by atoms with Gasteiger partial charge in [-0.15, -0.1) is 0 Å². The minimum absolute atomic E-state index is 0.556. The van der Waals surface area contributed by atoms with Crippen LogP contribution in [-0.2, 0) is 4.57 Å². The molecule has 0 spiro atoms. The van der Waals surface area contributed by atoms with Crippen LogP contribution in [0.4, 0.5) is 17.6 Å². The Labute approximate surface area is 89.4 Å². The molecule has 1 aromatic carbocycles. The van der Waals surface area contributed by atoms with Crippen LogP contribution in [0, 0.1) is 5.82 Å². The quantitative estimate of drug-likeness (QED) is 0.666. The largest absolute Gasteiger partial charge is 0.389 e. The Morgan fingerprint density at radius 3 is 2.31 bits per heavy atom. The predicted molar refractivity (Wildman–Crippen MR) is 51.4 cm³/mol. The summed E-state index contributed by atoms with van der Waals surface area (Å²) in [5, 5.41) is -0.556. The lowest BCUT2D eigenvalue weighted by molar-refractivity contribution is -0.130. The molecule has 1 N–H and O–H groups in total. The number of benzene rings is 1. The van der Waals surface area contributed by atoms with Crippen LogP contribution in [-0.4, -0.2) is 17.2 Å². The maximum atomic E-state index is 13.1. The maximum Gasteiger partial charge on any atom is 0.389 e. The van der Waals surface area contributed by atoms with Crippen molar-refractivity contribution in [2.75, 3.05) is 6.16 Å². The summed E-state index contributed by atoms with van der Waals surface area (Å²) in [5.41, 5.74) is 0. The fraction of sp³-hybridized carbons (Fsp3) is 0.333. The lowest BCUT2D eigenvalue weighted by Crippen LogP contribution is -2.16. The van der Waals surface area contributed by atoms with Gasteiger partial charge in [0.1, 0.15) is 5.82 Å². The van der Waals surface area contributed by atoms with Gasteiger partial charge >= 0.3 is 6.18 Å². The fourth-order valence-electron chi connectivity index (χ4n) is 1.13. The SMILES string of the molecule is O=P(O)(CCC(F)(F)F)c1ccccc1F. The topological polar surface area (TPSA) is 37.3 Å². The molecule has 0 saturated carbocycles. The molecule has 0 aliphatic rings. The molecule has 1 aromatic rings. The van der Waals surface area contributed by atoms with Gasteiger partial charge < -0.3 is 4.89 Å². The number of alkyl halides is 3. The second kappa shape index (κ2) is 4.55. The molecule has 0 fully saturated rings. The van der Waals surface area contributed by atoms with Crippen molar-refractivity contribution in [2.24, 2.45) is 0 Å². The summed E-state index contributed by atoms with van der Waals surface area (Å²) in [6, 6.07) is 4.55. The molecule has 16 heavy (non-hydrogen) atoms. The van der Waals surface area contributed by atoms with Gasteiger partial charge in [-0.05, 0) is 12.1 Å². The van der Waals surface area contributed by atoms with E-state index in [4.69, 9.17) is 0 Å². The second-order valence-electron chi connectivity index (χ2n) is 3.24. The van der Waals surface area contributed by atoms with Gasteiger partial charge in [-0.25, -0.2) is 4.39 Å². The molecule has 0 bridgehead atoms. The van der Waals surface area contributed by atoms with Gasteiger partial charge in [-0.2, -0.15) is 13.2 Å². The van der Waals surface area contributed by atoms with Crippen molar-refractivity contribution in [3.63, 3.8) is 0 Å². The van der Waals surface area contributed by atoms with Crippen molar-refractivity contribution in [3.05, 3.63) is 30.1 Å². The highest BCUT2D eigenvalue weighted by atomic mass is 31.2. The molecular weight excluding hydrogens is 247 g/mol. The first-order valence-electron chi connectivity index (χ1n) is 4.36. The molecule has 0 radical (unpaired) electrons. The van der Waals surface area contributed by atoms with Crippen LogP contribution in [0.2, 0.25) is 0 Å². The van der Waals surface area contributed by atoms with Crippen LogP contribution >= 0.6 is 7.37 Å². The maximum absolute atomic E-state index is 13.1. The first-order chi connectivity index (χ1) is 7.22. The Bertz CT molecular complexity index is 416. The zero-order chi connectivity index (χ0) is 12.4. The molecule has 0 aromatic heterocycles. The summed E-state index contributed by atoms with van der Waals surface area (Å²) in [6.07, 6.45) is -6.93. The Morgan fingerprint density at radius 1 is 1.25 bits per heavy atom. The van der Waals surface area contributed by atoms with Crippen molar-refractivity contribution >= 4 is 12.7 Å². The lowest BCUT2D eigenvalue weighted by Gasteiger charge is -2.13. The fourth-order valence-corrected chi connectivity index (χ4v) is 2.66. The summed E-state index contributed by atoms with van der Waals surface area (Å²) in [6.45, 7) is 0. The van der Waals surface area contributed by atoms with Crippen LogP contribution < -0.4 is 5.30 Å². The van der Waals surface area contributed by atoms with Crippen molar-refractivity contribution in [3.8, 4) is 0 Å². The Hall–Kier alpha value is -0.870. The first kappa shape index (κ1) is 13.2. The molecule has 2 nitrogen and oxygen atoms in total. The van der Waals surface area contributed by atoms with Crippen LogP contribution in [0.1, 0.15) is 6.42 Å². The van der Waals surface area contributed by atoms with E-state index in [1.165, 1.54) is 12.1 Å². The van der Waals surface area contributed by atoms with Crippen LogP contribution in [0.3, 0.4) is 0 Å². The third kappa shape index (κ3) is 3.61. The molecule has 0 aliphatic carbocycles. The van der Waals surface area contributed by atoms with E-state index in [-0.39, 0.29) is 0 Å². The first-order valence-corrected chi connectivity index (χ1v) is 6.20. The second-order valence-corrected chi connectivity index (χ2v) is 5.57. The van der Waals surface area contributed by atoms with Crippen LogP contribution in [0.15, 0.2) is 24.3 Å². The Kier molecular flexibility index (Phi) is 3.76. The van der Waals surface area contributed by atoms with Gasteiger partial charge in [0, 0.05) is 6.16 Å². The van der Waals surface area contributed by atoms with Crippen LogP contribution in [0.25, 0.3) is 0 Å². The van der Waals surface area contributed by atoms with Gasteiger partial charge in [0.2, 0.25) is 7.37 Å². The number of hydrogen-bond donors (Lipinski definition) is 1. The van der Waals surface area contributed by atoms with E-state index in [1.807, 2.05) is 0 Å². The Morgan fingerprint density at radius 2 is 1.81 bits per heavy atom. The predicted octanol–water partition coefficient (Wildman–Crippen LogP) is 2.67. The minimum atomic E-state index is -4.52. The summed E-state index contributed by atoms with van der Waals surface area (Å²) in [5.74, 6) is -0.962. The highest BCUT2D eigenvalue weighted by molar-refractivity contribution is 7.66. The van der Waals surface area contributed by atoms with Crippen molar-refractivity contribution in [1.82, 2.24) is 0 Å². The van der Waals surface area contributed by atoms with Crippen LogP contribution in [0.5, 0.6) is 0 Å². The monoisotopic (exact) mass is 256 g/mol. The molecule has 90 valence electrons. The van der Waals surface area contributed by atoms with Crippen molar-refractivity contribution < 1.29 is 27.0 Å². The van der Waals surface area contributed by atoms with E-state index in [0.29, 0.717) is 0 Å². The molecule has 7 heteroatoms. The van der Waals surface area contributed by atoms with Gasteiger partial charge in [0.05, 0.1) is 11.7 Å². The molecule has 0 saturated heterocycles. The van der Waals surface area contributed by atoms with Gasteiger partial charge in [0.15, 0.2) is 0 Å². The van der Waals surface area contributed by atoms with E-state index < -0.39 is 37.2 Å². The van der Waals surface area contributed by atoms with Crippen molar-refractivity contribution in [2.45, 2.75) is 12.6 Å². The van der Waals surface area contributed by atoms with E-state index in [1.54, 1.807) is 0 Å². The zero-order valence-electron chi connectivity index (χ0n) is 8.04. The summed E-state index contributed by atoms with van der Waals surface area (Å²) in [4.78, 5) is 9.35. The molecular formula is C9H9F4O2P. The molecule has 1 atom stereocenters. The molecule has 1 unspecified atom stereocenters. The molecule has 0 amide bonds. The van der Waals surface area contributed by atoms with Gasteiger partial charge in [-0.3, -0.25) is 4.57 Å². The van der Waals surface area contributed by atoms with Gasteiger partial charge in [-0.1, -0.05) is 12.1 Å². The average Bonchev–Trinajstić information content (AvgIpc) is 2.14. The third-order valence-corrected chi connectivity index (χ3v) is 3.87. The standard InChI is InChI=1S/C9H9F4O2P/c10-7-3-1-2-4-8(7)16(14,15)6-5-9(11,12)13/h1-4H,5-6H2,(H,14,15). The highest BCUT2D eigenvalue weighted by Gasteiger charge is 2.33.